The molecule has 94 valence electrons. The standard InChI is InChI=1S/C14H15NO2S/c1-2-11-10-6-9-18-13(10)5-7-15(11)14(16)12-4-3-8-17-12/h3-4,6,8-9,11H,2,5,7H2,1H3. The lowest BCUT2D eigenvalue weighted by atomic mass is 9.97. The summed E-state index contributed by atoms with van der Waals surface area (Å²) in [6.45, 7) is 2.91. The molecular formula is C14H15NO2S. The second kappa shape index (κ2) is 4.61. The highest BCUT2D eigenvalue weighted by atomic mass is 32.1. The summed E-state index contributed by atoms with van der Waals surface area (Å²) in [5.41, 5.74) is 1.31. The number of carbonyl (C=O) groups is 1. The van der Waals surface area contributed by atoms with E-state index in [9.17, 15) is 4.79 Å². The molecular weight excluding hydrogens is 246 g/mol. The van der Waals surface area contributed by atoms with Gasteiger partial charge in [-0.1, -0.05) is 6.92 Å². The van der Waals surface area contributed by atoms with Crippen LogP contribution in [0.4, 0.5) is 0 Å². The van der Waals surface area contributed by atoms with Gasteiger partial charge < -0.3 is 9.32 Å². The Morgan fingerprint density at radius 3 is 3.17 bits per heavy atom. The van der Waals surface area contributed by atoms with Gasteiger partial charge in [0.1, 0.15) is 0 Å². The Balaban J connectivity index is 1.92. The lowest BCUT2D eigenvalue weighted by Gasteiger charge is -2.34. The highest BCUT2D eigenvalue weighted by Gasteiger charge is 2.31. The second-order valence-electron chi connectivity index (χ2n) is 4.45. The van der Waals surface area contributed by atoms with Crippen molar-refractivity contribution in [2.24, 2.45) is 0 Å². The molecule has 0 spiro atoms. The van der Waals surface area contributed by atoms with E-state index in [-0.39, 0.29) is 11.9 Å². The predicted octanol–water partition coefficient (Wildman–Crippen LogP) is 3.49. The maximum absolute atomic E-state index is 12.4. The molecule has 1 aliphatic heterocycles. The second-order valence-corrected chi connectivity index (χ2v) is 5.45. The Bertz CT molecular complexity index is 544. The molecule has 18 heavy (non-hydrogen) atoms. The van der Waals surface area contributed by atoms with Crippen molar-refractivity contribution in [2.45, 2.75) is 25.8 Å². The molecule has 0 saturated carbocycles. The summed E-state index contributed by atoms with van der Waals surface area (Å²) in [4.78, 5) is 15.8. The van der Waals surface area contributed by atoms with Crippen LogP contribution in [0.15, 0.2) is 34.3 Å². The van der Waals surface area contributed by atoms with E-state index in [1.807, 2.05) is 4.90 Å². The van der Waals surface area contributed by atoms with Gasteiger partial charge in [-0.25, -0.2) is 0 Å². The topological polar surface area (TPSA) is 33.5 Å². The van der Waals surface area contributed by atoms with Crippen molar-refractivity contribution in [1.29, 1.82) is 0 Å². The zero-order valence-electron chi connectivity index (χ0n) is 10.3. The van der Waals surface area contributed by atoms with Crippen molar-refractivity contribution in [3.8, 4) is 0 Å². The van der Waals surface area contributed by atoms with Gasteiger partial charge in [-0.05, 0) is 42.0 Å². The van der Waals surface area contributed by atoms with E-state index in [1.165, 1.54) is 10.4 Å². The Kier molecular flexibility index (Phi) is 2.96. The van der Waals surface area contributed by atoms with E-state index in [2.05, 4.69) is 18.4 Å². The molecule has 0 saturated heterocycles. The first-order valence-electron chi connectivity index (χ1n) is 6.22. The molecule has 1 atom stereocenters. The van der Waals surface area contributed by atoms with Crippen molar-refractivity contribution in [2.75, 3.05) is 6.54 Å². The molecule has 0 N–H and O–H groups in total. The van der Waals surface area contributed by atoms with Crippen LogP contribution in [0.5, 0.6) is 0 Å². The highest BCUT2D eigenvalue weighted by Crippen LogP contribution is 2.35. The third-order valence-electron chi connectivity index (χ3n) is 3.47. The largest absolute Gasteiger partial charge is 0.459 e. The molecule has 0 fully saturated rings. The summed E-state index contributed by atoms with van der Waals surface area (Å²) in [5, 5.41) is 2.12. The maximum Gasteiger partial charge on any atom is 0.290 e. The van der Waals surface area contributed by atoms with Gasteiger partial charge >= 0.3 is 0 Å². The molecule has 1 amide bonds. The van der Waals surface area contributed by atoms with Crippen LogP contribution < -0.4 is 0 Å². The molecule has 2 aromatic heterocycles. The lowest BCUT2D eigenvalue weighted by Crippen LogP contribution is -2.39. The van der Waals surface area contributed by atoms with Crippen LogP contribution in [0.1, 0.15) is 40.4 Å². The van der Waals surface area contributed by atoms with Crippen LogP contribution in [0, 0.1) is 0 Å². The van der Waals surface area contributed by atoms with Gasteiger partial charge in [0, 0.05) is 11.4 Å². The van der Waals surface area contributed by atoms with Gasteiger partial charge in [0.25, 0.3) is 5.91 Å². The number of nitrogens with zero attached hydrogens (tertiary/aromatic N) is 1. The normalized spacial score (nSPS) is 18.7. The van der Waals surface area contributed by atoms with E-state index in [1.54, 1.807) is 29.7 Å². The van der Waals surface area contributed by atoms with Crippen LogP contribution in [-0.2, 0) is 6.42 Å². The summed E-state index contributed by atoms with van der Waals surface area (Å²) in [6, 6.07) is 5.83. The molecule has 3 nitrogen and oxygen atoms in total. The van der Waals surface area contributed by atoms with Crippen molar-refractivity contribution in [3.05, 3.63) is 46.0 Å². The molecule has 2 aromatic rings. The minimum atomic E-state index is 0.00343. The van der Waals surface area contributed by atoms with Gasteiger partial charge in [0.05, 0.1) is 12.3 Å². The first-order valence-corrected chi connectivity index (χ1v) is 7.10. The van der Waals surface area contributed by atoms with Gasteiger partial charge in [-0.2, -0.15) is 0 Å². The summed E-state index contributed by atoms with van der Waals surface area (Å²) < 4.78 is 5.22. The SMILES string of the molecule is CCC1c2ccsc2CCN1C(=O)c1ccco1. The first-order chi connectivity index (χ1) is 8.81. The summed E-state index contributed by atoms with van der Waals surface area (Å²) in [5.74, 6) is 0.441. The number of fused-ring (bicyclic) bond motifs is 1. The molecule has 3 heterocycles. The van der Waals surface area contributed by atoms with Gasteiger partial charge in [0.15, 0.2) is 5.76 Å². The Labute approximate surface area is 110 Å². The van der Waals surface area contributed by atoms with E-state index in [4.69, 9.17) is 4.42 Å². The number of thiophene rings is 1. The molecule has 3 rings (SSSR count). The minimum Gasteiger partial charge on any atom is -0.459 e. The fourth-order valence-corrected chi connectivity index (χ4v) is 3.55. The minimum absolute atomic E-state index is 0.00343. The van der Waals surface area contributed by atoms with E-state index < -0.39 is 0 Å². The molecule has 0 aromatic carbocycles. The van der Waals surface area contributed by atoms with Crippen LogP contribution in [0.2, 0.25) is 0 Å². The van der Waals surface area contributed by atoms with E-state index in [0.717, 1.165) is 19.4 Å². The Hall–Kier alpha value is -1.55. The highest BCUT2D eigenvalue weighted by molar-refractivity contribution is 7.10. The number of rotatable bonds is 2. The fraction of sp³-hybridized carbons (Fsp3) is 0.357. The number of amides is 1. The summed E-state index contributed by atoms with van der Waals surface area (Å²) in [6.07, 6.45) is 3.44. The quantitative estimate of drug-likeness (QED) is 0.829. The average Bonchev–Trinajstić information content (AvgIpc) is 3.06. The van der Waals surface area contributed by atoms with Crippen molar-refractivity contribution in [1.82, 2.24) is 4.90 Å². The third kappa shape index (κ3) is 1.77. The van der Waals surface area contributed by atoms with E-state index in [0.29, 0.717) is 5.76 Å². The third-order valence-corrected chi connectivity index (χ3v) is 4.47. The Morgan fingerprint density at radius 1 is 1.56 bits per heavy atom. The molecule has 0 radical (unpaired) electrons. The number of furan rings is 1. The van der Waals surface area contributed by atoms with Crippen LogP contribution in [0.25, 0.3) is 0 Å². The number of hydrogen-bond acceptors (Lipinski definition) is 3. The van der Waals surface area contributed by atoms with Crippen molar-refractivity contribution >= 4 is 17.2 Å². The number of hydrogen-bond donors (Lipinski definition) is 0. The molecule has 1 unspecified atom stereocenters. The van der Waals surface area contributed by atoms with Crippen molar-refractivity contribution in [3.63, 3.8) is 0 Å². The van der Waals surface area contributed by atoms with Gasteiger partial charge in [-0.3, -0.25) is 4.79 Å². The lowest BCUT2D eigenvalue weighted by molar-refractivity contribution is 0.0624. The average molecular weight is 261 g/mol. The van der Waals surface area contributed by atoms with Gasteiger partial charge in [0.2, 0.25) is 0 Å². The molecule has 4 heteroatoms. The predicted molar refractivity (Wildman–Crippen MR) is 70.8 cm³/mol. The van der Waals surface area contributed by atoms with E-state index >= 15 is 0 Å². The Morgan fingerprint density at radius 2 is 2.44 bits per heavy atom. The molecule has 1 aliphatic rings. The fourth-order valence-electron chi connectivity index (χ4n) is 2.62. The monoisotopic (exact) mass is 261 g/mol. The van der Waals surface area contributed by atoms with Gasteiger partial charge in [-0.15, -0.1) is 11.3 Å². The maximum atomic E-state index is 12.4. The molecule has 0 aliphatic carbocycles. The van der Waals surface area contributed by atoms with Crippen molar-refractivity contribution < 1.29 is 9.21 Å². The summed E-state index contributed by atoms with van der Waals surface area (Å²) >= 11 is 1.79. The summed E-state index contributed by atoms with van der Waals surface area (Å²) in [7, 11) is 0. The number of carbonyl (C=O) groups excluding carboxylic acids is 1. The van der Waals surface area contributed by atoms with Crippen LogP contribution in [0.3, 0.4) is 0 Å². The smallest absolute Gasteiger partial charge is 0.290 e. The van der Waals surface area contributed by atoms with Crippen LogP contribution in [-0.4, -0.2) is 17.4 Å². The molecule has 0 bridgehead atoms. The first kappa shape index (κ1) is 11.5. The zero-order chi connectivity index (χ0) is 12.5. The zero-order valence-corrected chi connectivity index (χ0v) is 11.1. The van der Waals surface area contributed by atoms with Crippen LogP contribution >= 0.6 is 11.3 Å².